The maximum atomic E-state index is 5.82. The van der Waals surface area contributed by atoms with Gasteiger partial charge in [-0.3, -0.25) is 0 Å². The van der Waals surface area contributed by atoms with Crippen molar-refractivity contribution in [3.8, 4) is 0 Å². The van der Waals surface area contributed by atoms with E-state index in [4.69, 9.17) is 8.83 Å². The van der Waals surface area contributed by atoms with Crippen LogP contribution in [0.25, 0.3) is 22.2 Å². The largest absolute Gasteiger partial charge is 0.441 e. The number of hydrogen-bond acceptors (Lipinski definition) is 4. The number of rotatable bonds is 5. The molecule has 2 aromatic heterocycles. The van der Waals surface area contributed by atoms with E-state index in [1.807, 2.05) is 12.1 Å². The fourth-order valence-electron chi connectivity index (χ4n) is 2.91. The summed E-state index contributed by atoms with van der Waals surface area (Å²) >= 11 is 0. The standard InChI is InChI=1S/C20H20N2O2/c1-3-13-5-7-17-15(11-13)21-19(23-17)9-10-20-22-16-12-14(4-2)6-8-18(16)24-20/h5-8,11-12H,3-4,9-10H2,1-2H3. The highest BCUT2D eigenvalue weighted by Gasteiger charge is 2.10. The minimum Gasteiger partial charge on any atom is -0.441 e. The lowest BCUT2D eigenvalue weighted by molar-refractivity contribution is 0.488. The summed E-state index contributed by atoms with van der Waals surface area (Å²) in [5, 5.41) is 0. The van der Waals surface area contributed by atoms with E-state index in [-0.39, 0.29) is 0 Å². The van der Waals surface area contributed by atoms with Gasteiger partial charge >= 0.3 is 0 Å². The maximum absolute atomic E-state index is 5.82. The van der Waals surface area contributed by atoms with Crippen molar-refractivity contribution >= 4 is 22.2 Å². The van der Waals surface area contributed by atoms with Crippen LogP contribution in [0.3, 0.4) is 0 Å². The van der Waals surface area contributed by atoms with Crippen LogP contribution in [-0.4, -0.2) is 9.97 Å². The molecular weight excluding hydrogens is 300 g/mol. The Bertz CT molecular complexity index is 915. The van der Waals surface area contributed by atoms with E-state index in [2.05, 4.69) is 48.1 Å². The third-order valence-electron chi connectivity index (χ3n) is 4.36. The molecule has 0 fully saturated rings. The van der Waals surface area contributed by atoms with Gasteiger partial charge in [0.15, 0.2) is 22.9 Å². The zero-order valence-electron chi connectivity index (χ0n) is 14.0. The molecule has 0 atom stereocenters. The topological polar surface area (TPSA) is 52.1 Å². The molecular formula is C20H20N2O2. The van der Waals surface area contributed by atoms with Crippen molar-refractivity contribution < 1.29 is 8.83 Å². The first-order valence-electron chi connectivity index (χ1n) is 8.52. The highest BCUT2D eigenvalue weighted by molar-refractivity contribution is 5.74. The van der Waals surface area contributed by atoms with Crippen molar-refractivity contribution in [3.63, 3.8) is 0 Å². The number of aromatic nitrogens is 2. The molecule has 0 aliphatic carbocycles. The van der Waals surface area contributed by atoms with Gasteiger partial charge in [-0.2, -0.15) is 0 Å². The summed E-state index contributed by atoms with van der Waals surface area (Å²) in [7, 11) is 0. The summed E-state index contributed by atoms with van der Waals surface area (Å²) in [5.41, 5.74) is 6.07. The van der Waals surface area contributed by atoms with Crippen LogP contribution in [0, 0.1) is 0 Å². The normalized spacial score (nSPS) is 11.6. The number of aryl methyl sites for hydroxylation is 4. The second kappa shape index (κ2) is 6.11. The van der Waals surface area contributed by atoms with Crippen molar-refractivity contribution in [3.05, 3.63) is 59.3 Å². The molecule has 0 unspecified atom stereocenters. The van der Waals surface area contributed by atoms with Gasteiger partial charge < -0.3 is 8.83 Å². The predicted molar refractivity (Wildman–Crippen MR) is 94.2 cm³/mol. The molecule has 4 rings (SSSR count). The Morgan fingerprint density at radius 3 is 1.58 bits per heavy atom. The van der Waals surface area contributed by atoms with Crippen LogP contribution in [0.1, 0.15) is 36.8 Å². The van der Waals surface area contributed by atoms with Gasteiger partial charge in [0.25, 0.3) is 0 Å². The smallest absolute Gasteiger partial charge is 0.195 e. The van der Waals surface area contributed by atoms with E-state index in [1.54, 1.807) is 0 Å². The second-order valence-corrected chi connectivity index (χ2v) is 6.03. The summed E-state index contributed by atoms with van der Waals surface area (Å²) in [6.07, 6.45) is 3.37. The summed E-state index contributed by atoms with van der Waals surface area (Å²) in [6.45, 7) is 4.28. The number of fused-ring (bicyclic) bond motifs is 2. The Morgan fingerprint density at radius 1 is 0.708 bits per heavy atom. The lowest BCUT2D eigenvalue weighted by Crippen LogP contribution is -1.91. The van der Waals surface area contributed by atoms with Crippen molar-refractivity contribution in [2.75, 3.05) is 0 Å². The molecule has 2 aromatic carbocycles. The van der Waals surface area contributed by atoms with Gasteiger partial charge in [-0.05, 0) is 48.2 Å². The van der Waals surface area contributed by atoms with Crippen LogP contribution >= 0.6 is 0 Å². The van der Waals surface area contributed by atoms with E-state index in [0.29, 0.717) is 12.8 Å². The molecule has 0 spiro atoms. The van der Waals surface area contributed by atoms with E-state index in [9.17, 15) is 0 Å². The number of nitrogens with zero attached hydrogens (tertiary/aromatic N) is 2. The van der Waals surface area contributed by atoms with Crippen molar-refractivity contribution in [1.82, 2.24) is 9.97 Å². The molecule has 0 amide bonds. The molecule has 24 heavy (non-hydrogen) atoms. The van der Waals surface area contributed by atoms with Gasteiger partial charge in [-0.1, -0.05) is 26.0 Å². The van der Waals surface area contributed by atoms with Gasteiger partial charge in [0.2, 0.25) is 0 Å². The molecule has 0 N–H and O–H groups in total. The van der Waals surface area contributed by atoms with E-state index < -0.39 is 0 Å². The van der Waals surface area contributed by atoms with Crippen LogP contribution in [0.4, 0.5) is 0 Å². The molecule has 0 saturated heterocycles. The molecule has 0 aliphatic rings. The first-order valence-corrected chi connectivity index (χ1v) is 8.52. The minimum atomic E-state index is 0.684. The average Bonchev–Trinajstić information content (AvgIpc) is 3.21. The highest BCUT2D eigenvalue weighted by atomic mass is 16.4. The Morgan fingerprint density at radius 2 is 1.17 bits per heavy atom. The van der Waals surface area contributed by atoms with Gasteiger partial charge in [0.05, 0.1) is 0 Å². The molecule has 4 aromatic rings. The van der Waals surface area contributed by atoms with E-state index in [1.165, 1.54) is 11.1 Å². The second-order valence-electron chi connectivity index (χ2n) is 6.03. The van der Waals surface area contributed by atoms with Crippen LogP contribution in [0.2, 0.25) is 0 Å². The minimum absolute atomic E-state index is 0.684. The fourth-order valence-corrected chi connectivity index (χ4v) is 2.91. The summed E-state index contributed by atoms with van der Waals surface area (Å²) < 4.78 is 11.6. The molecule has 2 heterocycles. The molecule has 0 bridgehead atoms. The summed E-state index contributed by atoms with van der Waals surface area (Å²) in [5.74, 6) is 1.46. The van der Waals surface area contributed by atoms with Crippen molar-refractivity contribution in [2.45, 2.75) is 39.5 Å². The number of benzene rings is 2. The SMILES string of the molecule is CCc1ccc2oc(CCc3nc4cc(CC)ccc4o3)nc2c1. The van der Waals surface area contributed by atoms with Gasteiger partial charge in [0.1, 0.15) is 11.0 Å². The van der Waals surface area contributed by atoms with Crippen LogP contribution in [0.5, 0.6) is 0 Å². The monoisotopic (exact) mass is 320 g/mol. The van der Waals surface area contributed by atoms with Gasteiger partial charge in [-0.15, -0.1) is 0 Å². The first kappa shape index (κ1) is 14.9. The average molecular weight is 320 g/mol. The van der Waals surface area contributed by atoms with E-state index in [0.717, 1.165) is 46.8 Å². The third-order valence-corrected chi connectivity index (χ3v) is 4.36. The molecule has 122 valence electrons. The highest BCUT2D eigenvalue weighted by Crippen LogP contribution is 2.21. The molecule has 0 aliphatic heterocycles. The van der Waals surface area contributed by atoms with Gasteiger partial charge in [0, 0.05) is 12.8 Å². The first-order chi connectivity index (χ1) is 11.7. The quantitative estimate of drug-likeness (QED) is 0.526. The molecule has 4 nitrogen and oxygen atoms in total. The maximum Gasteiger partial charge on any atom is 0.195 e. The Labute approximate surface area is 140 Å². The summed E-state index contributed by atoms with van der Waals surface area (Å²) in [4.78, 5) is 9.16. The van der Waals surface area contributed by atoms with Crippen molar-refractivity contribution in [1.29, 1.82) is 0 Å². The number of hydrogen-bond donors (Lipinski definition) is 0. The third kappa shape index (κ3) is 2.80. The Balaban J connectivity index is 1.53. The summed E-state index contributed by atoms with van der Waals surface area (Å²) in [6, 6.07) is 12.3. The Hall–Kier alpha value is -2.62. The molecule has 0 saturated carbocycles. The van der Waals surface area contributed by atoms with Crippen molar-refractivity contribution in [2.24, 2.45) is 0 Å². The lowest BCUT2D eigenvalue weighted by atomic mass is 10.1. The zero-order valence-corrected chi connectivity index (χ0v) is 14.0. The van der Waals surface area contributed by atoms with E-state index >= 15 is 0 Å². The lowest BCUT2D eigenvalue weighted by Gasteiger charge is -1.92. The van der Waals surface area contributed by atoms with Gasteiger partial charge in [-0.25, -0.2) is 9.97 Å². The van der Waals surface area contributed by atoms with Crippen LogP contribution in [-0.2, 0) is 25.7 Å². The fraction of sp³-hybridized carbons (Fsp3) is 0.300. The zero-order chi connectivity index (χ0) is 16.5. The molecule has 0 radical (unpaired) electrons. The van der Waals surface area contributed by atoms with Crippen LogP contribution < -0.4 is 0 Å². The molecule has 4 heteroatoms. The number of oxazole rings is 2. The predicted octanol–water partition coefficient (Wildman–Crippen LogP) is 4.88. The van der Waals surface area contributed by atoms with Crippen LogP contribution in [0.15, 0.2) is 45.2 Å². The Kier molecular flexibility index (Phi) is 3.81.